The molecule has 0 aliphatic heterocycles. The fourth-order valence-electron chi connectivity index (χ4n) is 2.54. The van der Waals surface area contributed by atoms with Gasteiger partial charge in [0.15, 0.2) is 18.1 Å². The molecule has 3 aromatic rings. The number of nitro groups is 1. The normalized spacial score (nSPS) is 10.7. The molecule has 0 aliphatic rings. The third-order valence-corrected chi connectivity index (χ3v) is 3.86. The molecule has 0 saturated carbocycles. The molecule has 154 valence electrons. The number of carbonyl (C=O) groups is 1. The summed E-state index contributed by atoms with van der Waals surface area (Å²) in [5.74, 6) is 1.39. The first-order chi connectivity index (χ1) is 14.6. The van der Waals surface area contributed by atoms with E-state index in [0.29, 0.717) is 35.2 Å². The van der Waals surface area contributed by atoms with Gasteiger partial charge in [0, 0.05) is 17.7 Å². The van der Waals surface area contributed by atoms with Crippen LogP contribution in [0.1, 0.15) is 12.7 Å². The first kappa shape index (κ1) is 20.6. The molecule has 0 atom stereocenters. The second kappa shape index (κ2) is 9.87. The highest BCUT2D eigenvalue weighted by Crippen LogP contribution is 2.26. The SMILES string of the molecule is CCOc1ccccc1OCC(=O)N/N=C/c1ccc(-c2cccc([N+](=O)[O-])c2)o1. The van der Waals surface area contributed by atoms with Crippen molar-refractivity contribution in [3.05, 3.63) is 76.5 Å². The van der Waals surface area contributed by atoms with Crippen molar-refractivity contribution in [3.8, 4) is 22.8 Å². The van der Waals surface area contributed by atoms with Crippen LogP contribution in [0.3, 0.4) is 0 Å². The van der Waals surface area contributed by atoms with E-state index in [4.69, 9.17) is 13.9 Å². The summed E-state index contributed by atoms with van der Waals surface area (Å²) in [6, 6.07) is 16.5. The van der Waals surface area contributed by atoms with Crippen molar-refractivity contribution < 1.29 is 23.6 Å². The Hall–Kier alpha value is -4.14. The Morgan fingerprint density at radius 1 is 1.13 bits per heavy atom. The van der Waals surface area contributed by atoms with Gasteiger partial charge in [0.05, 0.1) is 17.7 Å². The number of nitrogens with one attached hydrogen (secondary N) is 1. The maximum absolute atomic E-state index is 11.9. The quantitative estimate of drug-likeness (QED) is 0.327. The van der Waals surface area contributed by atoms with Gasteiger partial charge in [0.2, 0.25) is 0 Å². The van der Waals surface area contributed by atoms with Crippen molar-refractivity contribution in [3.63, 3.8) is 0 Å². The van der Waals surface area contributed by atoms with Gasteiger partial charge in [-0.15, -0.1) is 0 Å². The third-order valence-electron chi connectivity index (χ3n) is 3.86. The molecule has 0 saturated heterocycles. The molecule has 9 heteroatoms. The highest BCUT2D eigenvalue weighted by atomic mass is 16.6. The second-order valence-corrected chi connectivity index (χ2v) is 5.97. The number of furan rings is 1. The van der Waals surface area contributed by atoms with Gasteiger partial charge in [-0.25, -0.2) is 5.43 Å². The Bertz CT molecular complexity index is 1060. The topological polar surface area (TPSA) is 116 Å². The summed E-state index contributed by atoms with van der Waals surface area (Å²) in [4.78, 5) is 22.3. The Morgan fingerprint density at radius 3 is 2.63 bits per heavy atom. The fourth-order valence-corrected chi connectivity index (χ4v) is 2.54. The van der Waals surface area contributed by atoms with Gasteiger partial charge in [-0.05, 0) is 31.2 Å². The lowest BCUT2D eigenvalue weighted by Crippen LogP contribution is -2.24. The maximum Gasteiger partial charge on any atom is 0.277 e. The molecule has 0 unspecified atom stereocenters. The summed E-state index contributed by atoms with van der Waals surface area (Å²) in [6.07, 6.45) is 1.33. The summed E-state index contributed by atoms with van der Waals surface area (Å²) in [5.41, 5.74) is 2.88. The van der Waals surface area contributed by atoms with Crippen molar-refractivity contribution >= 4 is 17.8 Å². The highest BCUT2D eigenvalue weighted by molar-refractivity contribution is 5.81. The van der Waals surface area contributed by atoms with Gasteiger partial charge >= 0.3 is 0 Å². The van der Waals surface area contributed by atoms with E-state index in [2.05, 4.69) is 10.5 Å². The van der Waals surface area contributed by atoms with Gasteiger partial charge in [-0.1, -0.05) is 24.3 Å². The number of non-ortho nitro benzene ring substituents is 1. The van der Waals surface area contributed by atoms with E-state index in [1.54, 1.807) is 42.5 Å². The first-order valence-electron chi connectivity index (χ1n) is 9.08. The van der Waals surface area contributed by atoms with Crippen LogP contribution in [0.25, 0.3) is 11.3 Å². The highest BCUT2D eigenvalue weighted by Gasteiger charge is 2.10. The third kappa shape index (κ3) is 5.44. The Kier molecular flexibility index (Phi) is 6.78. The summed E-state index contributed by atoms with van der Waals surface area (Å²) >= 11 is 0. The van der Waals surface area contributed by atoms with Crippen LogP contribution in [0.2, 0.25) is 0 Å². The van der Waals surface area contributed by atoms with E-state index in [1.165, 1.54) is 18.3 Å². The Labute approximate surface area is 172 Å². The van der Waals surface area contributed by atoms with Crippen molar-refractivity contribution in [2.45, 2.75) is 6.92 Å². The van der Waals surface area contributed by atoms with Crippen molar-refractivity contribution in [1.29, 1.82) is 0 Å². The lowest BCUT2D eigenvalue weighted by atomic mass is 10.1. The number of rotatable bonds is 9. The van der Waals surface area contributed by atoms with Gasteiger partial charge < -0.3 is 13.9 Å². The van der Waals surface area contributed by atoms with Gasteiger partial charge in [0.1, 0.15) is 11.5 Å². The van der Waals surface area contributed by atoms with Gasteiger partial charge in [0.25, 0.3) is 11.6 Å². The lowest BCUT2D eigenvalue weighted by molar-refractivity contribution is -0.384. The molecule has 1 aromatic heterocycles. The number of hydrogen-bond donors (Lipinski definition) is 1. The van der Waals surface area contributed by atoms with E-state index in [1.807, 2.05) is 13.0 Å². The van der Waals surface area contributed by atoms with Crippen LogP contribution in [0, 0.1) is 10.1 Å². The molecule has 0 fully saturated rings. The van der Waals surface area contributed by atoms with Crippen molar-refractivity contribution in [2.24, 2.45) is 5.10 Å². The predicted molar refractivity (Wildman–Crippen MR) is 110 cm³/mol. The molecule has 0 radical (unpaired) electrons. The minimum absolute atomic E-state index is 0.0303. The number of nitro benzene ring substituents is 1. The molecule has 30 heavy (non-hydrogen) atoms. The van der Waals surface area contributed by atoms with Crippen LogP contribution >= 0.6 is 0 Å². The molecule has 1 amide bonds. The summed E-state index contributed by atoms with van der Waals surface area (Å²) in [6.45, 7) is 2.11. The molecule has 0 bridgehead atoms. The minimum Gasteiger partial charge on any atom is -0.490 e. The fraction of sp³-hybridized carbons (Fsp3) is 0.143. The average Bonchev–Trinajstić information content (AvgIpc) is 3.22. The molecule has 1 heterocycles. The average molecular weight is 409 g/mol. The molecule has 9 nitrogen and oxygen atoms in total. The molecule has 2 aromatic carbocycles. The van der Waals surface area contributed by atoms with Crippen LogP contribution < -0.4 is 14.9 Å². The molecular weight excluding hydrogens is 390 g/mol. The maximum atomic E-state index is 11.9. The summed E-state index contributed by atoms with van der Waals surface area (Å²) in [5, 5.41) is 14.7. The largest absolute Gasteiger partial charge is 0.490 e. The van der Waals surface area contributed by atoms with Crippen molar-refractivity contribution in [2.75, 3.05) is 13.2 Å². The summed E-state index contributed by atoms with van der Waals surface area (Å²) in [7, 11) is 0. The van der Waals surface area contributed by atoms with E-state index in [0.717, 1.165) is 0 Å². The van der Waals surface area contributed by atoms with E-state index < -0.39 is 10.8 Å². The number of hydrazone groups is 1. The van der Waals surface area contributed by atoms with Crippen molar-refractivity contribution in [1.82, 2.24) is 5.43 Å². The number of nitrogens with zero attached hydrogens (tertiary/aromatic N) is 2. The standard InChI is InChI=1S/C21H19N3O6/c1-2-28-19-8-3-4-9-20(19)29-14-21(25)23-22-13-17-10-11-18(30-17)15-6-5-7-16(12-15)24(26)27/h3-13H,2,14H2,1H3,(H,23,25)/b22-13+. The first-order valence-corrected chi connectivity index (χ1v) is 9.08. The number of ether oxygens (including phenoxy) is 2. The van der Waals surface area contributed by atoms with E-state index in [-0.39, 0.29) is 12.3 Å². The number of para-hydroxylation sites is 2. The van der Waals surface area contributed by atoms with E-state index in [9.17, 15) is 14.9 Å². The zero-order chi connectivity index (χ0) is 21.3. The number of benzene rings is 2. The van der Waals surface area contributed by atoms with Gasteiger partial charge in [-0.3, -0.25) is 14.9 Å². The Morgan fingerprint density at radius 2 is 1.90 bits per heavy atom. The zero-order valence-electron chi connectivity index (χ0n) is 16.1. The number of hydrogen-bond acceptors (Lipinski definition) is 7. The molecule has 0 aliphatic carbocycles. The minimum atomic E-state index is -0.473. The molecule has 3 rings (SSSR count). The summed E-state index contributed by atoms with van der Waals surface area (Å²) < 4.78 is 16.5. The number of carbonyl (C=O) groups excluding carboxylic acids is 1. The number of amides is 1. The van der Waals surface area contributed by atoms with Crippen LogP contribution in [0.5, 0.6) is 11.5 Å². The Balaban J connectivity index is 1.54. The smallest absolute Gasteiger partial charge is 0.277 e. The van der Waals surface area contributed by atoms with Crippen LogP contribution in [0.15, 0.2) is 70.2 Å². The zero-order valence-corrected chi connectivity index (χ0v) is 16.1. The van der Waals surface area contributed by atoms with Crippen LogP contribution in [-0.2, 0) is 4.79 Å². The van der Waals surface area contributed by atoms with Crippen LogP contribution in [0.4, 0.5) is 5.69 Å². The molecule has 0 spiro atoms. The van der Waals surface area contributed by atoms with E-state index >= 15 is 0 Å². The lowest BCUT2D eigenvalue weighted by Gasteiger charge is -2.10. The van der Waals surface area contributed by atoms with Crippen LogP contribution in [-0.4, -0.2) is 30.3 Å². The van der Waals surface area contributed by atoms with Gasteiger partial charge in [-0.2, -0.15) is 5.10 Å². The molecular formula is C21H19N3O6. The monoisotopic (exact) mass is 409 g/mol. The molecule has 1 N–H and O–H groups in total. The predicted octanol–water partition coefficient (Wildman–Crippen LogP) is 3.78. The second-order valence-electron chi connectivity index (χ2n) is 5.97.